The summed E-state index contributed by atoms with van der Waals surface area (Å²) in [6.07, 6.45) is 4.81. The van der Waals surface area contributed by atoms with Crippen LogP contribution in [0.3, 0.4) is 0 Å². The minimum Gasteiger partial charge on any atom is -0.339 e. The zero-order valence-electron chi connectivity index (χ0n) is 13.0. The van der Waals surface area contributed by atoms with Gasteiger partial charge in [-0.15, -0.1) is 12.4 Å². The molecule has 0 aromatic heterocycles. The maximum absolute atomic E-state index is 12.7. The van der Waals surface area contributed by atoms with Gasteiger partial charge < -0.3 is 10.2 Å². The Labute approximate surface area is 143 Å². The third-order valence-corrected chi connectivity index (χ3v) is 5.43. The Morgan fingerprint density at radius 3 is 2.41 bits per heavy atom. The summed E-state index contributed by atoms with van der Waals surface area (Å²) in [6, 6.07) is 5.53. The van der Waals surface area contributed by atoms with Gasteiger partial charge in [0.1, 0.15) is 0 Å². The number of hydrogen-bond donors (Lipinski definition) is 1. The second-order valence-electron chi connectivity index (χ2n) is 6.50. The predicted molar refractivity (Wildman–Crippen MR) is 93.1 cm³/mol. The maximum atomic E-state index is 12.7. The summed E-state index contributed by atoms with van der Waals surface area (Å²) in [6.45, 7) is 5.99. The zero-order chi connectivity index (χ0) is 14.9. The van der Waals surface area contributed by atoms with E-state index in [1.165, 1.54) is 12.8 Å². The molecule has 0 unspecified atom stereocenters. The number of piperidine rings is 2. The molecule has 2 aliphatic rings. The first-order chi connectivity index (χ1) is 10.1. The molecule has 122 valence electrons. The molecule has 0 radical (unpaired) electrons. The van der Waals surface area contributed by atoms with E-state index in [1.807, 2.05) is 24.0 Å². The summed E-state index contributed by atoms with van der Waals surface area (Å²) in [5, 5.41) is 4.13. The summed E-state index contributed by atoms with van der Waals surface area (Å²) < 4.78 is 0. The number of carbonyl (C=O) groups excluding carboxylic acids is 1. The fourth-order valence-corrected chi connectivity index (χ4v) is 3.91. The molecular formula is C17H24Cl2N2O. The van der Waals surface area contributed by atoms with Crippen LogP contribution in [0.15, 0.2) is 18.2 Å². The van der Waals surface area contributed by atoms with Gasteiger partial charge in [-0.05, 0) is 74.9 Å². The maximum Gasteiger partial charge on any atom is 0.254 e. The lowest BCUT2D eigenvalue weighted by molar-refractivity contribution is 0.0495. The topological polar surface area (TPSA) is 32.3 Å². The molecule has 0 saturated carbocycles. The van der Waals surface area contributed by atoms with E-state index >= 15 is 0 Å². The summed E-state index contributed by atoms with van der Waals surface area (Å²) in [5.74, 6) is 0.160. The molecule has 3 rings (SSSR count). The largest absolute Gasteiger partial charge is 0.339 e. The summed E-state index contributed by atoms with van der Waals surface area (Å²) in [4.78, 5) is 14.7. The van der Waals surface area contributed by atoms with Crippen LogP contribution in [-0.4, -0.2) is 37.0 Å². The molecule has 1 aromatic rings. The molecule has 1 amide bonds. The van der Waals surface area contributed by atoms with Crippen LogP contribution in [0.2, 0.25) is 5.02 Å². The number of hydrogen-bond acceptors (Lipinski definition) is 2. The Hall–Kier alpha value is -0.770. The molecule has 1 spiro atoms. The van der Waals surface area contributed by atoms with Crippen molar-refractivity contribution in [2.24, 2.45) is 5.41 Å². The van der Waals surface area contributed by atoms with E-state index in [4.69, 9.17) is 11.6 Å². The number of carbonyl (C=O) groups is 1. The third-order valence-electron chi connectivity index (χ3n) is 5.19. The van der Waals surface area contributed by atoms with E-state index < -0.39 is 0 Å². The number of likely N-dealkylation sites (tertiary alicyclic amines) is 1. The molecule has 2 heterocycles. The van der Waals surface area contributed by atoms with Crippen molar-refractivity contribution in [1.29, 1.82) is 0 Å². The molecule has 0 bridgehead atoms. The Morgan fingerprint density at radius 1 is 1.18 bits per heavy atom. The van der Waals surface area contributed by atoms with Crippen LogP contribution in [0, 0.1) is 12.3 Å². The second kappa shape index (κ2) is 7.20. The second-order valence-corrected chi connectivity index (χ2v) is 6.94. The fraction of sp³-hybridized carbons (Fsp3) is 0.588. The zero-order valence-corrected chi connectivity index (χ0v) is 14.6. The van der Waals surface area contributed by atoms with Gasteiger partial charge in [0, 0.05) is 23.7 Å². The van der Waals surface area contributed by atoms with Crippen LogP contribution in [-0.2, 0) is 0 Å². The fourth-order valence-electron chi connectivity index (χ4n) is 3.68. The summed E-state index contributed by atoms with van der Waals surface area (Å²) in [5.41, 5.74) is 2.24. The Bertz CT molecular complexity index is 531. The van der Waals surface area contributed by atoms with E-state index in [0.717, 1.165) is 50.1 Å². The minimum atomic E-state index is 0. The van der Waals surface area contributed by atoms with Crippen LogP contribution >= 0.6 is 24.0 Å². The first-order valence-corrected chi connectivity index (χ1v) is 8.24. The summed E-state index contributed by atoms with van der Waals surface area (Å²) in [7, 11) is 0. The van der Waals surface area contributed by atoms with E-state index in [-0.39, 0.29) is 18.3 Å². The van der Waals surface area contributed by atoms with Crippen LogP contribution in [0.25, 0.3) is 0 Å². The molecular weight excluding hydrogens is 319 g/mol. The lowest BCUT2D eigenvalue weighted by Gasteiger charge is -2.44. The van der Waals surface area contributed by atoms with Crippen LogP contribution in [0.1, 0.15) is 41.6 Å². The highest BCUT2D eigenvalue weighted by atomic mass is 35.5. The van der Waals surface area contributed by atoms with E-state index in [0.29, 0.717) is 10.4 Å². The van der Waals surface area contributed by atoms with Crippen molar-refractivity contribution in [1.82, 2.24) is 10.2 Å². The lowest BCUT2D eigenvalue weighted by Crippen LogP contribution is -2.47. The average molecular weight is 343 g/mol. The molecule has 1 N–H and O–H groups in total. The van der Waals surface area contributed by atoms with Crippen molar-refractivity contribution >= 4 is 29.9 Å². The highest BCUT2D eigenvalue weighted by Gasteiger charge is 2.36. The van der Waals surface area contributed by atoms with Gasteiger partial charge in [-0.1, -0.05) is 11.6 Å². The monoisotopic (exact) mass is 342 g/mol. The number of nitrogens with one attached hydrogen (secondary N) is 1. The summed E-state index contributed by atoms with van der Waals surface area (Å²) >= 11 is 5.97. The third kappa shape index (κ3) is 3.58. The Balaban J connectivity index is 0.00000176. The molecule has 3 nitrogen and oxygen atoms in total. The van der Waals surface area contributed by atoms with Crippen molar-refractivity contribution < 1.29 is 4.79 Å². The van der Waals surface area contributed by atoms with Crippen molar-refractivity contribution in [3.63, 3.8) is 0 Å². The molecule has 2 aliphatic heterocycles. The first kappa shape index (κ1) is 17.6. The lowest BCUT2D eigenvalue weighted by atomic mass is 9.71. The van der Waals surface area contributed by atoms with E-state index in [2.05, 4.69) is 5.32 Å². The Morgan fingerprint density at radius 2 is 1.82 bits per heavy atom. The van der Waals surface area contributed by atoms with Gasteiger partial charge in [0.15, 0.2) is 0 Å². The molecule has 5 heteroatoms. The highest BCUT2D eigenvalue weighted by molar-refractivity contribution is 6.30. The number of rotatable bonds is 1. The number of aryl methyl sites for hydroxylation is 1. The van der Waals surface area contributed by atoms with Crippen LogP contribution in [0.5, 0.6) is 0 Å². The number of nitrogens with zero attached hydrogens (tertiary/aromatic N) is 1. The van der Waals surface area contributed by atoms with Gasteiger partial charge in [-0.2, -0.15) is 0 Å². The van der Waals surface area contributed by atoms with Crippen molar-refractivity contribution in [3.05, 3.63) is 34.3 Å². The molecule has 2 fully saturated rings. The Kier molecular flexibility index (Phi) is 5.76. The minimum absolute atomic E-state index is 0. The van der Waals surface area contributed by atoms with E-state index in [9.17, 15) is 4.79 Å². The number of benzene rings is 1. The van der Waals surface area contributed by atoms with Gasteiger partial charge in [0.2, 0.25) is 0 Å². The van der Waals surface area contributed by atoms with Gasteiger partial charge in [0.25, 0.3) is 5.91 Å². The van der Waals surface area contributed by atoms with Crippen molar-refractivity contribution in [3.8, 4) is 0 Å². The molecule has 0 aliphatic carbocycles. The van der Waals surface area contributed by atoms with E-state index in [1.54, 1.807) is 6.07 Å². The van der Waals surface area contributed by atoms with Crippen LogP contribution in [0.4, 0.5) is 0 Å². The number of halogens is 2. The predicted octanol–water partition coefficient (Wildman–Crippen LogP) is 3.68. The smallest absolute Gasteiger partial charge is 0.254 e. The van der Waals surface area contributed by atoms with Gasteiger partial charge in [-0.25, -0.2) is 0 Å². The quantitative estimate of drug-likeness (QED) is 0.844. The SMILES string of the molecule is Cc1cc(Cl)ccc1C(=O)N1CCC2(CCNCC2)CC1.Cl. The number of amides is 1. The molecule has 0 atom stereocenters. The van der Waals surface area contributed by atoms with Crippen molar-refractivity contribution in [2.75, 3.05) is 26.2 Å². The highest BCUT2D eigenvalue weighted by Crippen LogP contribution is 2.39. The molecule has 1 aromatic carbocycles. The van der Waals surface area contributed by atoms with Crippen molar-refractivity contribution in [2.45, 2.75) is 32.6 Å². The van der Waals surface area contributed by atoms with Gasteiger partial charge >= 0.3 is 0 Å². The standard InChI is InChI=1S/C17H23ClN2O.ClH/c1-13-12-14(18)2-3-15(13)16(21)20-10-6-17(7-11-20)4-8-19-9-5-17;/h2-3,12,19H,4-11H2,1H3;1H. The van der Waals surface area contributed by atoms with Gasteiger partial charge in [0.05, 0.1) is 0 Å². The van der Waals surface area contributed by atoms with Gasteiger partial charge in [-0.3, -0.25) is 4.79 Å². The van der Waals surface area contributed by atoms with Crippen LogP contribution < -0.4 is 5.32 Å². The first-order valence-electron chi connectivity index (χ1n) is 7.86. The molecule has 2 saturated heterocycles. The normalized spacial score (nSPS) is 20.5. The molecule has 22 heavy (non-hydrogen) atoms. The average Bonchev–Trinajstić information content (AvgIpc) is 2.48.